The van der Waals surface area contributed by atoms with Gasteiger partial charge in [0.1, 0.15) is 0 Å². The Bertz CT molecular complexity index is 427. The van der Waals surface area contributed by atoms with Crippen LogP contribution < -0.4 is 4.90 Å². The number of aryl methyl sites for hydroxylation is 1. The molecule has 0 aliphatic carbocycles. The van der Waals surface area contributed by atoms with Gasteiger partial charge in [-0.1, -0.05) is 26.0 Å². The quantitative estimate of drug-likeness (QED) is 0.816. The van der Waals surface area contributed by atoms with Crippen LogP contribution in [0.4, 0.5) is 5.69 Å². The van der Waals surface area contributed by atoms with E-state index in [1.54, 1.807) is 0 Å². The molecule has 3 nitrogen and oxygen atoms in total. The first kappa shape index (κ1) is 15.5. The number of carboxylic acids is 1. The van der Waals surface area contributed by atoms with Gasteiger partial charge in [0.05, 0.1) is 6.42 Å². The Hall–Kier alpha value is -1.51. The smallest absolute Gasteiger partial charge is 0.305 e. The van der Waals surface area contributed by atoms with Crippen molar-refractivity contribution in [1.82, 2.24) is 0 Å². The maximum absolute atomic E-state index is 10.8. The van der Waals surface area contributed by atoms with Crippen LogP contribution in [0.2, 0.25) is 0 Å². The Labute approximate surface area is 116 Å². The summed E-state index contributed by atoms with van der Waals surface area (Å²) in [7, 11) is 0. The van der Waals surface area contributed by atoms with Crippen LogP contribution in [0.3, 0.4) is 0 Å². The lowest BCUT2D eigenvalue weighted by Crippen LogP contribution is -2.28. The molecule has 0 saturated heterocycles. The SMILES string of the molecule is Cc1cccc(N(CCC(=O)O)CCC(C)C)c1C. The highest BCUT2D eigenvalue weighted by Gasteiger charge is 2.12. The van der Waals surface area contributed by atoms with E-state index in [9.17, 15) is 4.79 Å². The lowest BCUT2D eigenvalue weighted by atomic mass is 10.1. The summed E-state index contributed by atoms with van der Waals surface area (Å²) in [6, 6.07) is 6.22. The summed E-state index contributed by atoms with van der Waals surface area (Å²) in [5, 5.41) is 8.88. The van der Waals surface area contributed by atoms with Gasteiger partial charge in [-0.25, -0.2) is 0 Å². The van der Waals surface area contributed by atoms with Crippen molar-refractivity contribution in [3.63, 3.8) is 0 Å². The minimum Gasteiger partial charge on any atom is -0.481 e. The van der Waals surface area contributed by atoms with E-state index in [0.29, 0.717) is 12.5 Å². The molecule has 19 heavy (non-hydrogen) atoms. The van der Waals surface area contributed by atoms with Crippen molar-refractivity contribution in [3.05, 3.63) is 29.3 Å². The third-order valence-electron chi connectivity index (χ3n) is 3.49. The van der Waals surface area contributed by atoms with Gasteiger partial charge in [-0.15, -0.1) is 0 Å². The Balaban J connectivity index is 2.87. The molecule has 1 N–H and O–H groups in total. The van der Waals surface area contributed by atoms with E-state index in [2.05, 4.69) is 44.7 Å². The normalized spacial score (nSPS) is 10.8. The number of benzene rings is 1. The minimum absolute atomic E-state index is 0.186. The van der Waals surface area contributed by atoms with E-state index in [4.69, 9.17) is 5.11 Å². The Morgan fingerprint density at radius 1 is 1.26 bits per heavy atom. The van der Waals surface area contributed by atoms with Crippen LogP contribution in [-0.4, -0.2) is 24.2 Å². The lowest BCUT2D eigenvalue weighted by molar-refractivity contribution is -0.136. The second-order valence-corrected chi connectivity index (χ2v) is 5.53. The third kappa shape index (κ3) is 4.93. The van der Waals surface area contributed by atoms with Crippen molar-refractivity contribution in [2.24, 2.45) is 5.92 Å². The van der Waals surface area contributed by atoms with Gasteiger partial charge in [0, 0.05) is 18.8 Å². The fourth-order valence-corrected chi connectivity index (χ4v) is 2.08. The zero-order valence-electron chi connectivity index (χ0n) is 12.4. The highest BCUT2D eigenvalue weighted by atomic mass is 16.4. The summed E-state index contributed by atoms with van der Waals surface area (Å²) in [4.78, 5) is 13.0. The number of anilines is 1. The first-order valence-electron chi connectivity index (χ1n) is 6.94. The van der Waals surface area contributed by atoms with Gasteiger partial charge in [-0.2, -0.15) is 0 Å². The maximum Gasteiger partial charge on any atom is 0.305 e. The number of carbonyl (C=O) groups is 1. The molecular formula is C16H25NO2. The number of aliphatic carboxylic acids is 1. The van der Waals surface area contributed by atoms with Crippen LogP contribution in [-0.2, 0) is 4.79 Å². The topological polar surface area (TPSA) is 40.5 Å². The molecule has 1 aromatic carbocycles. The summed E-state index contributed by atoms with van der Waals surface area (Å²) in [6.07, 6.45) is 1.26. The van der Waals surface area contributed by atoms with Gasteiger partial charge in [-0.3, -0.25) is 4.79 Å². The number of hydrogen-bond donors (Lipinski definition) is 1. The van der Waals surface area contributed by atoms with Crippen LogP contribution in [0.25, 0.3) is 0 Å². The van der Waals surface area contributed by atoms with Crippen molar-refractivity contribution < 1.29 is 9.90 Å². The minimum atomic E-state index is -0.736. The molecule has 0 heterocycles. The summed E-state index contributed by atoms with van der Waals surface area (Å²) in [5.41, 5.74) is 3.67. The molecule has 0 aromatic heterocycles. The average molecular weight is 263 g/mol. The molecule has 106 valence electrons. The zero-order valence-corrected chi connectivity index (χ0v) is 12.4. The van der Waals surface area contributed by atoms with Crippen LogP contribution in [0.15, 0.2) is 18.2 Å². The van der Waals surface area contributed by atoms with E-state index in [1.165, 1.54) is 16.8 Å². The Morgan fingerprint density at radius 2 is 1.95 bits per heavy atom. The van der Waals surface area contributed by atoms with Crippen LogP contribution in [0.1, 0.15) is 37.8 Å². The molecule has 0 bridgehead atoms. The zero-order chi connectivity index (χ0) is 14.4. The van der Waals surface area contributed by atoms with Crippen LogP contribution in [0.5, 0.6) is 0 Å². The molecule has 1 aromatic rings. The fraction of sp³-hybridized carbons (Fsp3) is 0.562. The second-order valence-electron chi connectivity index (χ2n) is 5.53. The monoisotopic (exact) mass is 263 g/mol. The molecular weight excluding hydrogens is 238 g/mol. The molecule has 1 rings (SSSR count). The predicted octanol–water partition coefficient (Wildman–Crippen LogP) is 3.63. The molecule has 0 atom stereocenters. The van der Waals surface area contributed by atoms with Gasteiger partial charge in [0.25, 0.3) is 0 Å². The van der Waals surface area contributed by atoms with Crippen molar-refractivity contribution in [1.29, 1.82) is 0 Å². The van der Waals surface area contributed by atoms with Crippen molar-refractivity contribution in [3.8, 4) is 0 Å². The third-order valence-corrected chi connectivity index (χ3v) is 3.49. The molecule has 0 radical (unpaired) electrons. The highest BCUT2D eigenvalue weighted by Crippen LogP contribution is 2.23. The molecule has 0 fully saturated rings. The predicted molar refractivity (Wildman–Crippen MR) is 79.8 cm³/mol. The fourth-order valence-electron chi connectivity index (χ4n) is 2.08. The van der Waals surface area contributed by atoms with E-state index < -0.39 is 5.97 Å². The van der Waals surface area contributed by atoms with Gasteiger partial charge in [-0.05, 0) is 43.4 Å². The van der Waals surface area contributed by atoms with Gasteiger partial charge in [0.15, 0.2) is 0 Å². The first-order chi connectivity index (χ1) is 8.91. The van der Waals surface area contributed by atoms with E-state index in [0.717, 1.165) is 13.0 Å². The second kappa shape index (κ2) is 7.17. The number of rotatable bonds is 7. The van der Waals surface area contributed by atoms with Gasteiger partial charge in [0.2, 0.25) is 0 Å². The number of hydrogen-bond acceptors (Lipinski definition) is 2. The van der Waals surface area contributed by atoms with Crippen LogP contribution in [0, 0.1) is 19.8 Å². The Kier molecular flexibility index (Phi) is 5.87. The largest absolute Gasteiger partial charge is 0.481 e. The molecule has 0 aliphatic rings. The van der Waals surface area contributed by atoms with Gasteiger partial charge < -0.3 is 10.0 Å². The summed E-state index contributed by atoms with van der Waals surface area (Å²) < 4.78 is 0. The summed E-state index contributed by atoms with van der Waals surface area (Å²) in [6.45, 7) is 10.1. The first-order valence-corrected chi connectivity index (χ1v) is 6.94. The lowest BCUT2D eigenvalue weighted by Gasteiger charge is -2.27. The average Bonchev–Trinajstić information content (AvgIpc) is 2.33. The maximum atomic E-state index is 10.8. The van der Waals surface area contributed by atoms with E-state index in [1.807, 2.05) is 6.07 Å². The van der Waals surface area contributed by atoms with Crippen LogP contribution >= 0.6 is 0 Å². The highest BCUT2D eigenvalue weighted by molar-refractivity contribution is 5.68. The van der Waals surface area contributed by atoms with E-state index in [-0.39, 0.29) is 6.42 Å². The molecule has 3 heteroatoms. The number of carboxylic acid groups (broad SMARTS) is 1. The van der Waals surface area contributed by atoms with Crippen molar-refractivity contribution in [2.75, 3.05) is 18.0 Å². The standard InChI is InChI=1S/C16H25NO2/c1-12(2)8-10-17(11-9-16(18)19)15-7-5-6-13(3)14(15)4/h5-7,12H,8-11H2,1-4H3,(H,18,19). The molecule has 0 unspecified atom stereocenters. The summed E-state index contributed by atoms with van der Waals surface area (Å²) >= 11 is 0. The Morgan fingerprint density at radius 3 is 2.53 bits per heavy atom. The van der Waals surface area contributed by atoms with E-state index >= 15 is 0 Å². The van der Waals surface area contributed by atoms with Gasteiger partial charge >= 0.3 is 5.97 Å². The molecule has 0 saturated carbocycles. The van der Waals surface area contributed by atoms with Crippen molar-refractivity contribution in [2.45, 2.75) is 40.5 Å². The molecule has 0 aliphatic heterocycles. The number of nitrogens with zero attached hydrogens (tertiary/aromatic N) is 1. The molecule has 0 amide bonds. The molecule has 0 spiro atoms. The van der Waals surface area contributed by atoms with Crippen molar-refractivity contribution >= 4 is 11.7 Å². The summed E-state index contributed by atoms with van der Waals surface area (Å²) in [5.74, 6) is -0.114.